The Balaban J connectivity index is 0. The van der Waals surface area contributed by atoms with Crippen molar-refractivity contribution in [2.75, 3.05) is 26.2 Å². The number of quaternary nitrogens is 1. The molecule has 0 bridgehead atoms. The van der Waals surface area contributed by atoms with Gasteiger partial charge in [0.2, 0.25) is 0 Å². The number of nitriles is 1. The third kappa shape index (κ3) is 11.9. The number of rotatable bonds is 10. The smallest absolute Gasteiger partial charge is 0.0925 e. The van der Waals surface area contributed by atoms with Crippen LogP contribution >= 0.6 is 0 Å². The lowest BCUT2D eigenvalue weighted by atomic mass is 10.1. The van der Waals surface area contributed by atoms with E-state index in [0.717, 1.165) is 0 Å². The maximum Gasteiger partial charge on any atom is 0.0925 e. The molecule has 0 fully saturated rings. The molecule has 0 amide bonds. The van der Waals surface area contributed by atoms with Gasteiger partial charge in [-0.25, -0.2) is 0 Å². The molecule has 0 atom stereocenters. The Kier molecular flexibility index (Phi) is 16.8. The first-order chi connectivity index (χ1) is 9.66. The van der Waals surface area contributed by atoms with Crippen molar-refractivity contribution in [3.63, 3.8) is 0 Å². The van der Waals surface area contributed by atoms with Gasteiger partial charge in [0.25, 0.3) is 0 Å². The molecule has 0 aliphatic heterocycles. The highest BCUT2D eigenvalue weighted by Gasteiger charge is 2.22. The van der Waals surface area contributed by atoms with Gasteiger partial charge in [-0.2, -0.15) is 5.26 Å². The van der Waals surface area contributed by atoms with Crippen molar-refractivity contribution in [2.45, 2.75) is 66.2 Å². The van der Waals surface area contributed by atoms with E-state index in [1.165, 1.54) is 81.4 Å². The van der Waals surface area contributed by atoms with E-state index in [1.807, 2.05) is 0 Å². The molecule has 0 aromatic heterocycles. The Morgan fingerprint density at radius 3 is 1.45 bits per heavy atom. The summed E-state index contributed by atoms with van der Waals surface area (Å²) in [5, 5.41) is 14.9. The quantitative estimate of drug-likeness (QED) is 0.331. The highest BCUT2D eigenvalue weighted by atomic mass is 15.3. The number of hydrogen-bond acceptors (Lipinski definition) is 2. The SMILES string of the molecule is CCCC[N+](CC)(CCCC)CCCC.N#CN=C=[N-]. The molecule has 0 heterocycles. The van der Waals surface area contributed by atoms with Gasteiger partial charge >= 0.3 is 0 Å². The average Bonchev–Trinajstić information content (AvgIpc) is 2.48. The standard InChI is InChI=1S/C14H32N.C2N3/c1-5-9-12-15(8-4,13-10-6-2)14-11-7-3;3-1-5-2-4/h5-14H2,1-4H3;/q+1;-1. The normalized spacial score (nSPS) is 9.95. The fraction of sp³-hybridized carbons (Fsp3) is 0.875. The number of aliphatic imine (C=N–C) groups is 1. The molecule has 0 saturated heterocycles. The van der Waals surface area contributed by atoms with Crippen LogP contribution in [-0.2, 0) is 0 Å². The van der Waals surface area contributed by atoms with Crippen LogP contribution in [-0.4, -0.2) is 36.7 Å². The number of unbranched alkanes of at least 4 members (excludes halogenated alkanes) is 3. The van der Waals surface area contributed by atoms with E-state index in [4.69, 9.17) is 10.7 Å². The second-order valence-electron chi connectivity index (χ2n) is 5.20. The van der Waals surface area contributed by atoms with Crippen LogP contribution in [0.2, 0.25) is 0 Å². The van der Waals surface area contributed by atoms with E-state index in [9.17, 15) is 0 Å². The van der Waals surface area contributed by atoms with Crippen molar-refractivity contribution in [2.24, 2.45) is 4.99 Å². The summed E-state index contributed by atoms with van der Waals surface area (Å²) >= 11 is 0. The van der Waals surface area contributed by atoms with Gasteiger partial charge in [0.05, 0.1) is 32.4 Å². The topological polar surface area (TPSA) is 58.5 Å². The van der Waals surface area contributed by atoms with Crippen molar-refractivity contribution in [1.82, 2.24) is 0 Å². The molecule has 0 spiro atoms. The first kappa shape index (κ1) is 21.1. The summed E-state index contributed by atoms with van der Waals surface area (Å²) in [4.78, 5) is 2.58. The van der Waals surface area contributed by atoms with Gasteiger partial charge in [-0.15, -0.1) is 6.01 Å². The summed E-state index contributed by atoms with van der Waals surface area (Å²) in [6.45, 7) is 14.9. The second-order valence-corrected chi connectivity index (χ2v) is 5.20. The predicted molar refractivity (Wildman–Crippen MR) is 86.5 cm³/mol. The van der Waals surface area contributed by atoms with Gasteiger partial charge in [-0.05, 0) is 26.2 Å². The first-order valence-electron chi connectivity index (χ1n) is 7.99. The van der Waals surface area contributed by atoms with Crippen LogP contribution in [0, 0.1) is 11.5 Å². The summed E-state index contributed by atoms with van der Waals surface area (Å²) < 4.78 is 1.38. The van der Waals surface area contributed by atoms with E-state index in [0.29, 0.717) is 0 Å². The molecule has 20 heavy (non-hydrogen) atoms. The zero-order valence-electron chi connectivity index (χ0n) is 13.9. The summed E-state index contributed by atoms with van der Waals surface area (Å²) in [5.74, 6) is 0. The van der Waals surface area contributed by atoms with Crippen molar-refractivity contribution in [3.8, 4) is 6.19 Å². The lowest BCUT2D eigenvalue weighted by Gasteiger charge is -2.38. The lowest BCUT2D eigenvalue weighted by Crippen LogP contribution is -2.49. The Morgan fingerprint density at radius 1 is 0.900 bits per heavy atom. The number of hydrogen-bond donors (Lipinski definition) is 0. The fourth-order valence-corrected chi connectivity index (χ4v) is 2.31. The molecule has 0 aromatic rings. The zero-order valence-corrected chi connectivity index (χ0v) is 13.9. The van der Waals surface area contributed by atoms with Crippen LogP contribution in [0.15, 0.2) is 4.99 Å². The van der Waals surface area contributed by atoms with E-state index < -0.39 is 0 Å². The molecular weight excluding hydrogens is 248 g/mol. The molecule has 4 nitrogen and oxygen atoms in total. The van der Waals surface area contributed by atoms with Crippen molar-refractivity contribution in [3.05, 3.63) is 5.41 Å². The molecule has 0 aliphatic carbocycles. The number of nitrogens with zero attached hydrogens (tertiary/aromatic N) is 4. The van der Waals surface area contributed by atoms with E-state index in [1.54, 1.807) is 0 Å². The predicted octanol–water partition coefficient (Wildman–Crippen LogP) is 4.43. The van der Waals surface area contributed by atoms with Crippen molar-refractivity contribution >= 4 is 6.01 Å². The highest BCUT2D eigenvalue weighted by Crippen LogP contribution is 2.14. The van der Waals surface area contributed by atoms with Gasteiger partial charge < -0.3 is 14.9 Å². The van der Waals surface area contributed by atoms with Gasteiger partial charge in [0, 0.05) is 0 Å². The van der Waals surface area contributed by atoms with Crippen LogP contribution in [0.5, 0.6) is 0 Å². The highest BCUT2D eigenvalue weighted by molar-refractivity contribution is 5.46. The molecule has 116 valence electrons. The van der Waals surface area contributed by atoms with Crippen LogP contribution in [0.4, 0.5) is 0 Å². The minimum atomic E-state index is 1.28. The summed E-state index contributed by atoms with van der Waals surface area (Å²) in [6, 6.07) is 1.28. The third-order valence-electron chi connectivity index (χ3n) is 3.73. The Labute approximate surface area is 125 Å². The molecule has 0 saturated carbocycles. The van der Waals surface area contributed by atoms with E-state index in [-0.39, 0.29) is 0 Å². The summed E-state index contributed by atoms with van der Waals surface area (Å²) in [6.07, 6.45) is 9.53. The Morgan fingerprint density at radius 2 is 1.30 bits per heavy atom. The first-order valence-corrected chi connectivity index (χ1v) is 7.99. The maximum absolute atomic E-state index is 7.43. The molecule has 4 heteroatoms. The summed E-state index contributed by atoms with van der Waals surface area (Å²) in [5.41, 5.74) is 0. The van der Waals surface area contributed by atoms with Crippen LogP contribution in [0.1, 0.15) is 66.2 Å². The molecular formula is C16H32N4. The van der Waals surface area contributed by atoms with Crippen molar-refractivity contribution in [1.29, 1.82) is 5.26 Å². The molecule has 0 aliphatic rings. The Bertz CT molecular complexity index is 266. The molecule has 0 aromatic carbocycles. The van der Waals surface area contributed by atoms with E-state index in [2.05, 4.69) is 32.7 Å². The molecule has 0 rings (SSSR count). The minimum absolute atomic E-state index is 1.28. The largest absolute Gasteiger partial charge is 0.422 e. The molecule has 0 radical (unpaired) electrons. The van der Waals surface area contributed by atoms with E-state index >= 15 is 0 Å². The van der Waals surface area contributed by atoms with Crippen LogP contribution < -0.4 is 0 Å². The maximum atomic E-state index is 7.43. The molecule has 0 unspecified atom stereocenters. The van der Waals surface area contributed by atoms with Crippen LogP contribution in [0.25, 0.3) is 5.41 Å². The Hall–Kier alpha value is -1.17. The molecule has 0 N–H and O–H groups in total. The van der Waals surface area contributed by atoms with Gasteiger partial charge in [0.15, 0.2) is 0 Å². The van der Waals surface area contributed by atoms with Gasteiger partial charge in [-0.3, -0.25) is 0 Å². The monoisotopic (exact) mass is 280 g/mol. The van der Waals surface area contributed by atoms with Gasteiger partial charge in [-0.1, -0.05) is 40.0 Å². The van der Waals surface area contributed by atoms with Crippen molar-refractivity contribution < 1.29 is 4.48 Å². The third-order valence-corrected chi connectivity index (χ3v) is 3.73. The zero-order chi connectivity index (χ0) is 15.7. The average molecular weight is 280 g/mol. The lowest BCUT2D eigenvalue weighted by molar-refractivity contribution is -0.927. The van der Waals surface area contributed by atoms with Crippen LogP contribution in [0.3, 0.4) is 0 Å². The van der Waals surface area contributed by atoms with Gasteiger partial charge in [0.1, 0.15) is 0 Å². The fourth-order valence-electron chi connectivity index (χ4n) is 2.31. The summed E-state index contributed by atoms with van der Waals surface area (Å²) in [7, 11) is 0. The minimum Gasteiger partial charge on any atom is -0.422 e. The second kappa shape index (κ2) is 15.9.